The first-order chi connectivity index (χ1) is 8.20. The number of aryl methyl sites for hydroxylation is 1. The van der Waals surface area contributed by atoms with Gasteiger partial charge in [-0.1, -0.05) is 0 Å². The van der Waals surface area contributed by atoms with Crippen LogP contribution in [0.1, 0.15) is 22.3 Å². The Bertz CT molecular complexity index is 443. The first-order valence-electron chi connectivity index (χ1n) is 5.78. The number of carbonyl (C=O) groups excluding carboxylic acids is 2. The predicted molar refractivity (Wildman–Crippen MR) is 66.4 cm³/mol. The largest absolute Gasteiger partial charge is 0.369 e. The molecule has 4 nitrogen and oxygen atoms in total. The molecule has 1 aliphatic rings. The van der Waals surface area contributed by atoms with Crippen molar-refractivity contribution in [3.05, 3.63) is 29.3 Å². The van der Waals surface area contributed by atoms with Crippen LogP contribution in [0, 0.1) is 6.92 Å². The summed E-state index contributed by atoms with van der Waals surface area (Å²) in [6, 6.07) is 5.65. The summed E-state index contributed by atoms with van der Waals surface area (Å²) in [5, 5.41) is 2.85. The van der Waals surface area contributed by atoms with Gasteiger partial charge in [0.15, 0.2) is 0 Å². The van der Waals surface area contributed by atoms with E-state index in [0.29, 0.717) is 18.5 Å². The lowest BCUT2D eigenvalue weighted by Crippen LogP contribution is -2.28. The first kappa shape index (κ1) is 11.6. The normalized spacial score (nSPS) is 16.3. The smallest absolute Gasteiger partial charge is 0.221 e. The van der Waals surface area contributed by atoms with Gasteiger partial charge < -0.3 is 10.2 Å². The molecule has 0 atom stereocenters. The van der Waals surface area contributed by atoms with Gasteiger partial charge in [0.1, 0.15) is 6.29 Å². The second kappa shape index (κ2) is 4.99. The SMILES string of the molecule is Cc1cc(C=O)ccc1N1CCNC(=O)CC1. The molecule has 0 saturated carbocycles. The van der Waals surface area contributed by atoms with Gasteiger partial charge in [-0.25, -0.2) is 0 Å². The molecule has 0 unspecified atom stereocenters. The van der Waals surface area contributed by atoms with Crippen LogP contribution in [0.15, 0.2) is 18.2 Å². The monoisotopic (exact) mass is 232 g/mol. The van der Waals surface area contributed by atoms with Crippen molar-refractivity contribution in [2.75, 3.05) is 24.5 Å². The molecule has 2 rings (SSSR count). The third kappa shape index (κ3) is 2.64. The average Bonchev–Trinajstić information content (AvgIpc) is 2.54. The van der Waals surface area contributed by atoms with Crippen molar-refractivity contribution in [3.8, 4) is 0 Å². The van der Waals surface area contributed by atoms with Gasteiger partial charge in [0.25, 0.3) is 0 Å². The molecule has 90 valence electrons. The van der Waals surface area contributed by atoms with Gasteiger partial charge in [0.05, 0.1) is 0 Å². The van der Waals surface area contributed by atoms with Crippen molar-refractivity contribution in [1.29, 1.82) is 0 Å². The summed E-state index contributed by atoms with van der Waals surface area (Å²) in [6.07, 6.45) is 1.37. The van der Waals surface area contributed by atoms with Crippen LogP contribution >= 0.6 is 0 Å². The molecule has 0 aromatic heterocycles. The summed E-state index contributed by atoms with van der Waals surface area (Å²) in [7, 11) is 0. The van der Waals surface area contributed by atoms with Crippen molar-refractivity contribution >= 4 is 17.9 Å². The maximum Gasteiger partial charge on any atom is 0.221 e. The third-order valence-electron chi connectivity index (χ3n) is 3.01. The number of benzene rings is 1. The lowest BCUT2D eigenvalue weighted by Gasteiger charge is -2.24. The summed E-state index contributed by atoms with van der Waals surface area (Å²) in [4.78, 5) is 24.1. The van der Waals surface area contributed by atoms with E-state index in [9.17, 15) is 9.59 Å². The molecule has 4 heteroatoms. The number of amides is 1. The van der Waals surface area contributed by atoms with Gasteiger partial charge in [-0.2, -0.15) is 0 Å². The highest BCUT2D eigenvalue weighted by molar-refractivity contribution is 5.78. The molecular weight excluding hydrogens is 216 g/mol. The van der Waals surface area contributed by atoms with Crippen LogP contribution in [-0.2, 0) is 4.79 Å². The predicted octanol–water partition coefficient (Wildman–Crippen LogP) is 1.13. The van der Waals surface area contributed by atoms with Crippen molar-refractivity contribution in [2.24, 2.45) is 0 Å². The van der Waals surface area contributed by atoms with Gasteiger partial charge in [0.2, 0.25) is 5.91 Å². The van der Waals surface area contributed by atoms with Gasteiger partial charge in [-0.05, 0) is 30.7 Å². The third-order valence-corrected chi connectivity index (χ3v) is 3.01. The Morgan fingerprint density at radius 3 is 2.88 bits per heavy atom. The topological polar surface area (TPSA) is 49.4 Å². The summed E-state index contributed by atoms with van der Waals surface area (Å²) in [6.45, 7) is 4.20. The molecule has 17 heavy (non-hydrogen) atoms. The molecule has 0 bridgehead atoms. The molecule has 0 spiro atoms. The lowest BCUT2D eigenvalue weighted by molar-refractivity contribution is -0.120. The fourth-order valence-corrected chi connectivity index (χ4v) is 2.11. The lowest BCUT2D eigenvalue weighted by atomic mass is 10.1. The Morgan fingerprint density at radius 2 is 2.18 bits per heavy atom. The zero-order valence-electron chi connectivity index (χ0n) is 9.90. The van der Waals surface area contributed by atoms with Crippen molar-refractivity contribution in [3.63, 3.8) is 0 Å². The maximum absolute atomic E-state index is 11.3. The molecule has 1 N–H and O–H groups in total. The van der Waals surface area contributed by atoms with E-state index in [4.69, 9.17) is 0 Å². The molecule has 1 heterocycles. The number of aldehydes is 1. The highest BCUT2D eigenvalue weighted by Gasteiger charge is 2.15. The van der Waals surface area contributed by atoms with Crippen LogP contribution in [0.25, 0.3) is 0 Å². The van der Waals surface area contributed by atoms with Crippen LogP contribution < -0.4 is 10.2 Å². The number of hydrogen-bond donors (Lipinski definition) is 1. The number of nitrogens with one attached hydrogen (secondary N) is 1. The highest BCUT2D eigenvalue weighted by Crippen LogP contribution is 2.21. The standard InChI is InChI=1S/C13H16N2O2/c1-10-8-11(9-16)2-3-12(10)15-6-4-13(17)14-5-7-15/h2-3,8-9H,4-7H2,1H3,(H,14,17). The zero-order chi connectivity index (χ0) is 12.3. The quantitative estimate of drug-likeness (QED) is 0.778. The molecule has 0 aliphatic carbocycles. The molecule has 0 radical (unpaired) electrons. The van der Waals surface area contributed by atoms with E-state index in [1.807, 2.05) is 25.1 Å². The van der Waals surface area contributed by atoms with Crippen LogP contribution in [0.4, 0.5) is 5.69 Å². The van der Waals surface area contributed by atoms with Crippen LogP contribution in [0.3, 0.4) is 0 Å². The summed E-state index contributed by atoms with van der Waals surface area (Å²) < 4.78 is 0. The first-order valence-corrected chi connectivity index (χ1v) is 5.78. The molecule has 1 saturated heterocycles. The molecule has 1 fully saturated rings. The van der Waals surface area contributed by atoms with E-state index in [1.54, 1.807) is 0 Å². The van der Waals surface area contributed by atoms with Crippen molar-refractivity contribution in [1.82, 2.24) is 5.32 Å². The number of carbonyl (C=O) groups is 2. The Morgan fingerprint density at radius 1 is 1.35 bits per heavy atom. The van der Waals surface area contributed by atoms with Gasteiger partial charge in [-0.3, -0.25) is 9.59 Å². The second-order valence-corrected chi connectivity index (χ2v) is 4.25. The highest BCUT2D eigenvalue weighted by atomic mass is 16.1. The van der Waals surface area contributed by atoms with Crippen LogP contribution in [-0.4, -0.2) is 31.8 Å². The van der Waals surface area contributed by atoms with E-state index in [0.717, 1.165) is 30.6 Å². The molecule has 1 aromatic rings. The zero-order valence-corrected chi connectivity index (χ0v) is 9.90. The molecule has 1 amide bonds. The van der Waals surface area contributed by atoms with Gasteiger partial charge in [0, 0.05) is 37.3 Å². The van der Waals surface area contributed by atoms with Gasteiger partial charge >= 0.3 is 0 Å². The number of nitrogens with zero attached hydrogens (tertiary/aromatic N) is 1. The van der Waals surface area contributed by atoms with Crippen LogP contribution in [0.2, 0.25) is 0 Å². The van der Waals surface area contributed by atoms with Gasteiger partial charge in [-0.15, -0.1) is 0 Å². The van der Waals surface area contributed by atoms with E-state index >= 15 is 0 Å². The number of anilines is 1. The minimum absolute atomic E-state index is 0.106. The van der Waals surface area contributed by atoms with E-state index in [-0.39, 0.29) is 5.91 Å². The van der Waals surface area contributed by atoms with E-state index in [2.05, 4.69) is 10.2 Å². The van der Waals surface area contributed by atoms with Crippen molar-refractivity contribution < 1.29 is 9.59 Å². The molecule has 1 aliphatic heterocycles. The minimum Gasteiger partial charge on any atom is -0.369 e. The van der Waals surface area contributed by atoms with E-state index in [1.165, 1.54) is 0 Å². The average molecular weight is 232 g/mol. The summed E-state index contributed by atoms with van der Waals surface area (Å²) in [5.74, 6) is 0.106. The maximum atomic E-state index is 11.3. The Kier molecular flexibility index (Phi) is 3.42. The fraction of sp³-hybridized carbons (Fsp3) is 0.385. The summed E-state index contributed by atoms with van der Waals surface area (Å²) in [5.41, 5.74) is 2.87. The van der Waals surface area contributed by atoms with Crippen LogP contribution in [0.5, 0.6) is 0 Å². The fourth-order valence-electron chi connectivity index (χ4n) is 2.11. The number of hydrogen-bond acceptors (Lipinski definition) is 3. The molecule has 1 aromatic carbocycles. The minimum atomic E-state index is 0.106. The van der Waals surface area contributed by atoms with E-state index < -0.39 is 0 Å². The Labute approximate surface area is 101 Å². The Hall–Kier alpha value is -1.84. The number of rotatable bonds is 2. The Balaban J connectivity index is 2.21. The summed E-state index contributed by atoms with van der Waals surface area (Å²) >= 11 is 0. The molecular formula is C13H16N2O2. The van der Waals surface area contributed by atoms with Crippen molar-refractivity contribution in [2.45, 2.75) is 13.3 Å². The second-order valence-electron chi connectivity index (χ2n) is 4.25.